The second-order valence-corrected chi connectivity index (χ2v) is 8.28. The maximum atomic E-state index is 6.04. The highest BCUT2D eigenvalue weighted by Crippen LogP contribution is 2.34. The van der Waals surface area contributed by atoms with Crippen LogP contribution in [-0.2, 0) is 25.4 Å². The number of rotatable bonds is 14. The molecule has 4 heteroatoms. The van der Waals surface area contributed by atoms with Crippen LogP contribution >= 0.6 is 0 Å². The summed E-state index contributed by atoms with van der Waals surface area (Å²) >= 11 is 0. The molecular weight excluding hydrogens is 388 g/mol. The van der Waals surface area contributed by atoms with E-state index < -0.39 is 0 Å². The summed E-state index contributed by atoms with van der Waals surface area (Å²) in [7, 11) is 0. The Morgan fingerprint density at radius 3 is 1.58 bits per heavy atom. The summed E-state index contributed by atoms with van der Waals surface area (Å²) in [6.07, 6.45) is 0.873. The van der Waals surface area contributed by atoms with E-state index in [4.69, 9.17) is 18.9 Å². The first-order valence-corrected chi connectivity index (χ1v) is 11.4. The smallest absolute Gasteiger partial charge is 0.0700 e. The first-order chi connectivity index (χ1) is 15.2. The normalized spacial score (nSPS) is 12.1. The molecule has 0 radical (unpaired) electrons. The van der Waals surface area contributed by atoms with Crippen molar-refractivity contribution in [2.24, 2.45) is 5.41 Å². The van der Waals surface area contributed by atoms with E-state index in [2.05, 4.69) is 61.5 Å². The molecule has 0 aliphatic rings. The molecule has 3 aromatic carbocycles. The lowest BCUT2D eigenvalue weighted by molar-refractivity contribution is -0.0380. The molecule has 0 saturated heterocycles. The van der Waals surface area contributed by atoms with Crippen molar-refractivity contribution in [1.29, 1.82) is 0 Å². The molecule has 0 amide bonds. The van der Waals surface area contributed by atoms with Gasteiger partial charge in [-0.1, -0.05) is 55.5 Å². The molecule has 4 nitrogen and oxygen atoms in total. The van der Waals surface area contributed by atoms with Crippen LogP contribution in [0.4, 0.5) is 0 Å². The van der Waals surface area contributed by atoms with E-state index in [0.717, 1.165) is 6.42 Å². The predicted octanol–water partition coefficient (Wildman–Crippen LogP) is 5.65. The number of ether oxygens (including phenoxy) is 4. The maximum Gasteiger partial charge on any atom is 0.0700 e. The van der Waals surface area contributed by atoms with E-state index in [1.54, 1.807) is 0 Å². The summed E-state index contributed by atoms with van der Waals surface area (Å²) in [4.78, 5) is 0. The molecule has 0 saturated carbocycles. The van der Waals surface area contributed by atoms with Gasteiger partial charge in [-0.05, 0) is 53.4 Å². The van der Waals surface area contributed by atoms with Crippen molar-refractivity contribution in [2.75, 3.05) is 52.9 Å². The Kier molecular flexibility index (Phi) is 9.29. The summed E-state index contributed by atoms with van der Waals surface area (Å²) in [6, 6.07) is 19.6. The van der Waals surface area contributed by atoms with Crippen molar-refractivity contribution < 1.29 is 18.9 Å². The van der Waals surface area contributed by atoms with Gasteiger partial charge in [0.05, 0.1) is 39.6 Å². The van der Waals surface area contributed by atoms with Gasteiger partial charge in [-0.3, -0.25) is 0 Å². The Labute approximate surface area is 186 Å². The van der Waals surface area contributed by atoms with E-state index in [-0.39, 0.29) is 5.41 Å². The fraction of sp³-hybridized carbons (Fsp3) is 0.481. The Hall–Kier alpha value is -1.98. The molecule has 0 aliphatic heterocycles. The molecule has 0 aromatic heterocycles. The highest BCUT2D eigenvalue weighted by molar-refractivity contribution is 6.02. The average Bonchev–Trinajstić information content (AvgIpc) is 2.79. The van der Waals surface area contributed by atoms with Gasteiger partial charge >= 0.3 is 0 Å². The van der Waals surface area contributed by atoms with Gasteiger partial charge < -0.3 is 18.9 Å². The predicted molar refractivity (Wildman–Crippen MR) is 128 cm³/mol. The largest absolute Gasteiger partial charge is 0.379 e. The van der Waals surface area contributed by atoms with Gasteiger partial charge in [0, 0.05) is 18.6 Å². The van der Waals surface area contributed by atoms with Crippen LogP contribution in [0.3, 0.4) is 0 Å². The zero-order chi connectivity index (χ0) is 21.9. The van der Waals surface area contributed by atoms with Gasteiger partial charge in [-0.25, -0.2) is 0 Å². The topological polar surface area (TPSA) is 36.9 Å². The summed E-state index contributed by atoms with van der Waals surface area (Å²) in [5.74, 6) is 0. The first kappa shape index (κ1) is 23.7. The minimum Gasteiger partial charge on any atom is -0.379 e. The van der Waals surface area contributed by atoms with Crippen LogP contribution in [0.5, 0.6) is 0 Å². The number of benzene rings is 3. The molecule has 31 heavy (non-hydrogen) atoms. The Balaban J connectivity index is 1.85. The number of fused-ring (bicyclic) bond motifs is 2. The SMILES string of the molecule is CCOCCOCC(C)(COCCOCC)Cc1c2ccccc2cc2ccccc12. The van der Waals surface area contributed by atoms with Crippen molar-refractivity contribution >= 4 is 21.5 Å². The van der Waals surface area contributed by atoms with E-state index >= 15 is 0 Å². The average molecular weight is 425 g/mol. The van der Waals surface area contributed by atoms with E-state index in [1.165, 1.54) is 27.1 Å². The highest BCUT2D eigenvalue weighted by Gasteiger charge is 2.27. The summed E-state index contributed by atoms with van der Waals surface area (Å²) in [5.41, 5.74) is 1.20. The van der Waals surface area contributed by atoms with Crippen LogP contribution in [0, 0.1) is 5.41 Å². The lowest BCUT2D eigenvalue weighted by atomic mass is 9.81. The molecule has 0 bridgehead atoms. The van der Waals surface area contributed by atoms with Gasteiger partial charge in [0.2, 0.25) is 0 Å². The minimum absolute atomic E-state index is 0.161. The molecule has 0 aliphatic carbocycles. The molecule has 0 fully saturated rings. The number of hydrogen-bond donors (Lipinski definition) is 0. The zero-order valence-electron chi connectivity index (χ0n) is 19.2. The third kappa shape index (κ3) is 6.75. The van der Waals surface area contributed by atoms with Crippen molar-refractivity contribution in [3.05, 3.63) is 60.2 Å². The monoisotopic (exact) mass is 424 g/mol. The Bertz CT molecular complexity index is 869. The summed E-state index contributed by atoms with van der Waals surface area (Å²) in [5, 5.41) is 5.15. The second kappa shape index (κ2) is 12.2. The molecule has 0 spiro atoms. The van der Waals surface area contributed by atoms with Crippen molar-refractivity contribution in [3.8, 4) is 0 Å². The highest BCUT2D eigenvalue weighted by atomic mass is 16.5. The molecule has 0 atom stereocenters. The van der Waals surface area contributed by atoms with Gasteiger partial charge in [-0.15, -0.1) is 0 Å². The van der Waals surface area contributed by atoms with E-state index in [9.17, 15) is 0 Å². The van der Waals surface area contributed by atoms with Crippen molar-refractivity contribution in [1.82, 2.24) is 0 Å². The van der Waals surface area contributed by atoms with Gasteiger partial charge in [0.25, 0.3) is 0 Å². The van der Waals surface area contributed by atoms with Crippen LogP contribution in [-0.4, -0.2) is 52.9 Å². The Morgan fingerprint density at radius 1 is 0.645 bits per heavy atom. The van der Waals surface area contributed by atoms with Crippen LogP contribution in [0.25, 0.3) is 21.5 Å². The van der Waals surface area contributed by atoms with Crippen LogP contribution in [0.15, 0.2) is 54.6 Å². The second-order valence-electron chi connectivity index (χ2n) is 8.28. The van der Waals surface area contributed by atoms with Crippen LogP contribution in [0.2, 0.25) is 0 Å². The first-order valence-electron chi connectivity index (χ1n) is 11.4. The standard InChI is InChI=1S/C27H36O4/c1-4-28-14-16-30-20-27(3,21-31-17-15-29-5-2)19-26-24-12-8-6-10-22(24)18-23-11-7-9-13-25(23)26/h6-13,18H,4-5,14-17,19-21H2,1-3H3. The number of hydrogen-bond acceptors (Lipinski definition) is 4. The fourth-order valence-electron chi connectivity index (χ4n) is 4.03. The summed E-state index contributed by atoms with van der Waals surface area (Å²) in [6.45, 7) is 11.3. The zero-order valence-corrected chi connectivity index (χ0v) is 19.2. The molecule has 0 unspecified atom stereocenters. The lowest BCUT2D eigenvalue weighted by Gasteiger charge is -2.30. The third-order valence-corrected chi connectivity index (χ3v) is 5.54. The molecule has 0 N–H and O–H groups in total. The van der Waals surface area contributed by atoms with Crippen LogP contribution in [0.1, 0.15) is 26.3 Å². The van der Waals surface area contributed by atoms with Crippen molar-refractivity contribution in [2.45, 2.75) is 27.2 Å². The molecule has 3 aromatic rings. The lowest BCUT2D eigenvalue weighted by Crippen LogP contribution is -2.33. The third-order valence-electron chi connectivity index (χ3n) is 5.54. The molecule has 3 rings (SSSR count). The van der Waals surface area contributed by atoms with Gasteiger partial charge in [-0.2, -0.15) is 0 Å². The quantitative estimate of drug-likeness (QED) is 0.248. The molecular formula is C27H36O4. The van der Waals surface area contributed by atoms with Crippen molar-refractivity contribution in [3.63, 3.8) is 0 Å². The Morgan fingerprint density at radius 2 is 1.10 bits per heavy atom. The van der Waals surface area contributed by atoms with Gasteiger partial charge in [0.15, 0.2) is 0 Å². The van der Waals surface area contributed by atoms with Gasteiger partial charge in [0.1, 0.15) is 0 Å². The fourth-order valence-corrected chi connectivity index (χ4v) is 4.03. The summed E-state index contributed by atoms with van der Waals surface area (Å²) < 4.78 is 22.9. The van der Waals surface area contributed by atoms with E-state index in [0.29, 0.717) is 52.9 Å². The van der Waals surface area contributed by atoms with E-state index in [1.807, 2.05) is 13.8 Å². The molecule has 0 heterocycles. The minimum atomic E-state index is -0.161. The van der Waals surface area contributed by atoms with Crippen LogP contribution < -0.4 is 0 Å². The maximum absolute atomic E-state index is 6.04. The molecule has 168 valence electrons.